The molecule has 0 spiro atoms. The van der Waals surface area contributed by atoms with Gasteiger partial charge in [0.2, 0.25) is 0 Å². The molecule has 0 saturated heterocycles. The Hall–Kier alpha value is -1.63. The number of rotatable bonds is 4. The first kappa shape index (κ1) is 17.7. The first-order valence-corrected chi connectivity index (χ1v) is 8.16. The molecule has 2 heterocycles. The van der Waals surface area contributed by atoms with E-state index < -0.39 is 0 Å². The second-order valence-electron chi connectivity index (χ2n) is 5.34. The molecule has 1 aliphatic heterocycles. The molecule has 0 amide bonds. The molecular formula is C16H20ClN3O2S. The highest BCUT2D eigenvalue weighted by molar-refractivity contribution is 7.15. The molecule has 2 aromatic rings. The quantitative estimate of drug-likeness (QED) is 0.856. The van der Waals surface area contributed by atoms with Crippen molar-refractivity contribution in [1.29, 1.82) is 0 Å². The Morgan fingerprint density at radius 1 is 1.48 bits per heavy atom. The van der Waals surface area contributed by atoms with Crippen LogP contribution in [0.1, 0.15) is 28.8 Å². The highest BCUT2D eigenvalue weighted by Crippen LogP contribution is 2.31. The number of thiazole rings is 1. The van der Waals surface area contributed by atoms with Crippen molar-refractivity contribution >= 4 is 34.8 Å². The van der Waals surface area contributed by atoms with Gasteiger partial charge in [0.25, 0.3) is 0 Å². The second-order valence-corrected chi connectivity index (χ2v) is 6.48. The van der Waals surface area contributed by atoms with Gasteiger partial charge in [0.05, 0.1) is 12.5 Å². The molecule has 1 atom stereocenters. The molecule has 1 aromatic carbocycles. The average molecular weight is 354 g/mol. The summed E-state index contributed by atoms with van der Waals surface area (Å²) in [6.45, 7) is 4.48. The van der Waals surface area contributed by atoms with Gasteiger partial charge in [-0.2, -0.15) is 0 Å². The molecule has 1 aromatic heterocycles. The maximum atomic E-state index is 12.3. The number of carbonyl (C=O) groups excluding carboxylic acids is 1. The maximum absolute atomic E-state index is 12.3. The minimum atomic E-state index is -0.227. The molecule has 1 aliphatic rings. The number of aromatic nitrogens is 1. The largest absolute Gasteiger partial charge is 0.465 e. The van der Waals surface area contributed by atoms with E-state index in [1.165, 1.54) is 16.9 Å². The van der Waals surface area contributed by atoms with Gasteiger partial charge in [-0.3, -0.25) is 9.69 Å². The zero-order valence-electron chi connectivity index (χ0n) is 12.9. The van der Waals surface area contributed by atoms with E-state index in [2.05, 4.69) is 16.0 Å². The Morgan fingerprint density at radius 3 is 2.96 bits per heavy atom. The molecule has 0 fully saturated rings. The van der Waals surface area contributed by atoms with Gasteiger partial charge in [0, 0.05) is 30.7 Å². The lowest BCUT2D eigenvalue weighted by Crippen LogP contribution is -2.37. The zero-order chi connectivity index (χ0) is 15.5. The number of carbonyl (C=O) groups is 1. The number of fused-ring (bicyclic) bond motifs is 1. The van der Waals surface area contributed by atoms with Gasteiger partial charge in [0.1, 0.15) is 0 Å². The molecule has 0 bridgehead atoms. The van der Waals surface area contributed by atoms with E-state index in [9.17, 15) is 4.79 Å². The van der Waals surface area contributed by atoms with E-state index >= 15 is 0 Å². The van der Waals surface area contributed by atoms with Gasteiger partial charge in [0.15, 0.2) is 5.13 Å². The van der Waals surface area contributed by atoms with Crippen LogP contribution in [0.3, 0.4) is 0 Å². The third kappa shape index (κ3) is 4.02. The summed E-state index contributed by atoms with van der Waals surface area (Å²) >= 11 is 1.49. The summed E-state index contributed by atoms with van der Waals surface area (Å²) in [6.07, 6.45) is 1.81. The predicted molar refractivity (Wildman–Crippen MR) is 93.7 cm³/mol. The van der Waals surface area contributed by atoms with E-state index in [1.54, 1.807) is 6.20 Å². The van der Waals surface area contributed by atoms with E-state index in [4.69, 9.17) is 10.5 Å². The standard InChI is InChI=1S/C16H19N3O2S.ClH/c1-2-21-15(20)14-10-19(9-12-7-18-16(17)22-12)8-11-5-3-4-6-13(11)14;/h3-7,14H,2,8-10H2,1H3,(H2,17,18);1H. The molecule has 23 heavy (non-hydrogen) atoms. The first-order valence-electron chi connectivity index (χ1n) is 7.34. The van der Waals surface area contributed by atoms with Crippen molar-refractivity contribution in [2.75, 3.05) is 18.9 Å². The van der Waals surface area contributed by atoms with Crippen LogP contribution in [0.2, 0.25) is 0 Å². The van der Waals surface area contributed by atoms with E-state index in [0.717, 1.165) is 23.5 Å². The number of benzene rings is 1. The van der Waals surface area contributed by atoms with E-state index in [1.807, 2.05) is 25.1 Å². The number of nitrogens with two attached hydrogens (primary N) is 1. The van der Waals surface area contributed by atoms with Crippen LogP contribution in [0.15, 0.2) is 30.5 Å². The van der Waals surface area contributed by atoms with Crippen molar-refractivity contribution in [2.24, 2.45) is 0 Å². The predicted octanol–water partition coefficient (Wildman–Crippen LogP) is 2.81. The molecule has 3 rings (SSSR count). The van der Waals surface area contributed by atoms with Crippen molar-refractivity contribution in [3.05, 3.63) is 46.5 Å². The third-order valence-electron chi connectivity index (χ3n) is 3.79. The molecule has 0 radical (unpaired) electrons. The summed E-state index contributed by atoms with van der Waals surface area (Å²) in [5, 5.41) is 0.578. The smallest absolute Gasteiger partial charge is 0.314 e. The number of halogens is 1. The number of anilines is 1. The minimum absolute atomic E-state index is 0. The monoisotopic (exact) mass is 353 g/mol. The van der Waals surface area contributed by atoms with Crippen molar-refractivity contribution in [1.82, 2.24) is 9.88 Å². The van der Waals surface area contributed by atoms with E-state index in [-0.39, 0.29) is 24.3 Å². The Bertz CT molecular complexity index is 677. The summed E-state index contributed by atoms with van der Waals surface area (Å²) in [7, 11) is 0. The summed E-state index contributed by atoms with van der Waals surface area (Å²) in [6, 6.07) is 8.09. The van der Waals surface area contributed by atoms with Gasteiger partial charge >= 0.3 is 5.97 Å². The molecular weight excluding hydrogens is 334 g/mol. The molecule has 0 saturated carbocycles. The highest BCUT2D eigenvalue weighted by Gasteiger charge is 2.31. The average Bonchev–Trinajstić information content (AvgIpc) is 2.92. The summed E-state index contributed by atoms with van der Waals surface area (Å²) < 4.78 is 5.25. The maximum Gasteiger partial charge on any atom is 0.314 e. The fourth-order valence-electron chi connectivity index (χ4n) is 2.86. The lowest BCUT2D eigenvalue weighted by Gasteiger charge is -2.33. The van der Waals surface area contributed by atoms with Gasteiger partial charge < -0.3 is 10.5 Å². The van der Waals surface area contributed by atoms with Crippen LogP contribution < -0.4 is 5.73 Å². The zero-order valence-corrected chi connectivity index (χ0v) is 14.5. The Labute approximate surface area is 145 Å². The van der Waals surface area contributed by atoms with Crippen molar-refractivity contribution in [3.63, 3.8) is 0 Å². The number of nitrogen functional groups attached to an aromatic ring is 1. The van der Waals surface area contributed by atoms with Crippen LogP contribution in [-0.2, 0) is 22.6 Å². The van der Waals surface area contributed by atoms with Gasteiger partial charge in [-0.25, -0.2) is 4.98 Å². The van der Waals surface area contributed by atoms with Crippen LogP contribution in [0, 0.1) is 0 Å². The Morgan fingerprint density at radius 2 is 2.26 bits per heavy atom. The molecule has 5 nitrogen and oxygen atoms in total. The SMILES string of the molecule is CCOC(=O)C1CN(Cc2cnc(N)s2)Cc2ccccc21.Cl. The number of ether oxygens (including phenoxy) is 1. The number of nitrogens with zero attached hydrogens (tertiary/aromatic N) is 2. The van der Waals surface area contributed by atoms with Crippen molar-refractivity contribution in [2.45, 2.75) is 25.9 Å². The van der Waals surface area contributed by atoms with Gasteiger partial charge in [-0.15, -0.1) is 23.7 Å². The highest BCUT2D eigenvalue weighted by atomic mass is 35.5. The van der Waals surface area contributed by atoms with Crippen LogP contribution in [0.4, 0.5) is 5.13 Å². The Kier molecular flexibility index (Phi) is 5.98. The fourth-order valence-corrected chi connectivity index (χ4v) is 3.59. The Balaban J connectivity index is 0.00000192. The summed E-state index contributed by atoms with van der Waals surface area (Å²) in [4.78, 5) is 19.7. The summed E-state index contributed by atoms with van der Waals surface area (Å²) in [5.41, 5.74) is 7.96. The van der Waals surface area contributed by atoms with Crippen LogP contribution >= 0.6 is 23.7 Å². The molecule has 1 unspecified atom stereocenters. The number of hydrogen-bond acceptors (Lipinski definition) is 6. The minimum Gasteiger partial charge on any atom is -0.465 e. The number of esters is 1. The second kappa shape index (κ2) is 7.77. The van der Waals surface area contributed by atoms with Gasteiger partial charge in [-0.05, 0) is 18.1 Å². The lowest BCUT2D eigenvalue weighted by atomic mass is 9.90. The van der Waals surface area contributed by atoms with Crippen LogP contribution in [0.25, 0.3) is 0 Å². The molecule has 124 valence electrons. The topological polar surface area (TPSA) is 68.5 Å². The van der Waals surface area contributed by atoms with Crippen LogP contribution in [-0.4, -0.2) is 29.0 Å². The van der Waals surface area contributed by atoms with E-state index in [0.29, 0.717) is 18.3 Å². The van der Waals surface area contributed by atoms with Gasteiger partial charge in [-0.1, -0.05) is 24.3 Å². The van der Waals surface area contributed by atoms with Crippen LogP contribution in [0.5, 0.6) is 0 Å². The third-order valence-corrected chi connectivity index (χ3v) is 4.60. The number of hydrogen-bond donors (Lipinski definition) is 1. The molecule has 7 heteroatoms. The van der Waals surface area contributed by atoms with Crippen molar-refractivity contribution in [3.8, 4) is 0 Å². The molecule has 0 aliphatic carbocycles. The first-order chi connectivity index (χ1) is 10.7. The van der Waals surface area contributed by atoms with Crippen molar-refractivity contribution < 1.29 is 9.53 Å². The summed E-state index contributed by atoms with van der Waals surface area (Å²) in [5.74, 6) is -0.376. The molecule has 2 N–H and O–H groups in total. The fraction of sp³-hybridized carbons (Fsp3) is 0.375. The lowest BCUT2D eigenvalue weighted by molar-refractivity contribution is -0.145. The normalized spacial score (nSPS) is 17.2.